The second-order valence-corrected chi connectivity index (χ2v) is 4.97. The van der Waals surface area contributed by atoms with Crippen LogP contribution >= 0.6 is 22.6 Å². The van der Waals surface area contributed by atoms with Crippen molar-refractivity contribution in [3.05, 3.63) is 33.4 Å². The van der Waals surface area contributed by atoms with Crippen LogP contribution in [0.25, 0.3) is 0 Å². The van der Waals surface area contributed by atoms with E-state index < -0.39 is 6.10 Å². The van der Waals surface area contributed by atoms with E-state index in [0.717, 1.165) is 5.56 Å². The van der Waals surface area contributed by atoms with Crippen molar-refractivity contribution < 1.29 is 14.3 Å². The molecule has 0 amide bonds. The summed E-state index contributed by atoms with van der Waals surface area (Å²) in [4.78, 5) is 11.4. The molecule has 0 aliphatic heterocycles. The van der Waals surface area contributed by atoms with Crippen molar-refractivity contribution >= 4 is 28.6 Å². The van der Waals surface area contributed by atoms with Gasteiger partial charge in [0.15, 0.2) is 6.10 Å². The quantitative estimate of drug-likeness (QED) is 0.605. The zero-order chi connectivity index (χ0) is 12.8. The first-order valence-electron chi connectivity index (χ1n) is 5.62. The molecule has 2 unspecified atom stereocenters. The number of hydrogen-bond acceptors (Lipinski definition) is 3. The second-order valence-electron chi connectivity index (χ2n) is 3.72. The van der Waals surface area contributed by atoms with Crippen molar-refractivity contribution in [3.8, 4) is 0 Å². The Labute approximate surface area is 116 Å². The first-order chi connectivity index (χ1) is 8.04. The molecule has 2 atom stereocenters. The summed E-state index contributed by atoms with van der Waals surface area (Å²) in [7, 11) is 0. The normalized spacial score (nSPS) is 14.1. The summed E-state index contributed by atoms with van der Waals surface area (Å²) in [5, 5.41) is 0. The average Bonchev–Trinajstić information content (AvgIpc) is 2.30. The first-order valence-corrected chi connectivity index (χ1v) is 6.70. The summed E-state index contributed by atoms with van der Waals surface area (Å²) in [6.07, 6.45) is -0.657. The lowest BCUT2D eigenvalue weighted by molar-refractivity contribution is -0.158. The number of hydrogen-bond donors (Lipinski definition) is 0. The van der Waals surface area contributed by atoms with Crippen LogP contribution in [0, 0.1) is 3.57 Å². The lowest BCUT2D eigenvalue weighted by Gasteiger charge is -2.18. The third kappa shape index (κ3) is 4.63. The number of halogens is 1. The van der Waals surface area contributed by atoms with E-state index >= 15 is 0 Å². The highest BCUT2D eigenvalue weighted by molar-refractivity contribution is 14.1. The first kappa shape index (κ1) is 14.4. The predicted molar refractivity (Wildman–Crippen MR) is 74.8 cm³/mol. The van der Waals surface area contributed by atoms with Crippen LogP contribution in [-0.4, -0.2) is 18.7 Å². The molecule has 0 aliphatic rings. The van der Waals surface area contributed by atoms with E-state index in [9.17, 15) is 4.79 Å². The van der Waals surface area contributed by atoms with Crippen molar-refractivity contribution in [1.29, 1.82) is 0 Å². The molecule has 0 saturated carbocycles. The molecule has 0 heterocycles. The molecule has 1 aromatic rings. The van der Waals surface area contributed by atoms with Gasteiger partial charge in [0.25, 0.3) is 0 Å². The van der Waals surface area contributed by atoms with Crippen LogP contribution in [0.2, 0.25) is 0 Å². The zero-order valence-corrected chi connectivity index (χ0v) is 12.4. The molecule has 0 spiro atoms. The third-order valence-electron chi connectivity index (χ3n) is 2.37. The van der Waals surface area contributed by atoms with Crippen molar-refractivity contribution in [2.24, 2.45) is 0 Å². The molecule has 0 fully saturated rings. The van der Waals surface area contributed by atoms with Gasteiger partial charge in [0.05, 0.1) is 12.7 Å². The molecule has 0 aliphatic carbocycles. The van der Waals surface area contributed by atoms with Gasteiger partial charge in [-0.2, -0.15) is 0 Å². The Hall–Kier alpha value is -0.620. The van der Waals surface area contributed by atoms with Crippen molar-refractivity contribution in [2.45, 2.75) is 33.0 Å². The van der Waals surface area contributed by atoms with E-state index in [1.165, 1.54) is 3.57 Å². The number of esters is 1. The Morgan fingerprint density at radius 2 is 1.88 bits per heavy atom. The number of carbonyl (C=O) groups excluding carboxylic acids is 1. The molecule has 94 valence electrons. The van der Waals surface area contributed by atoms with E-state index in [2.05, 4.69) is 22.6 Å². The Bertz CT molecular complexity index is 361. The molecular formula is C13H17IO3. The summed E-state index contributed by atoms with van der Waals surface area (Å²) in [5.41, 5.74) is 1.06. The third-order valence-corrected chi connectivity index (χ3v) is 3.09. The van der Waals surface area contributed by atoms with E-state index in [1.807, 2.05) is 31.2 Å². The standard InChI is InChI=1S/C13H17IO3/c1-4-16-13(15)10(3)17-9(2)11-5-7-12(14)8-6-11/h5-10H,4H2,1-3H3. The van der Waals surface area contributed by atoms with Gasteiger partial charge in [0.2, 0.25) is 0 Å². The molecule has 0 bridgehead atoms. The van der Waals surface area contributed by atoms with Crippen molar-refractivity contribution in [3.63, 3.8) is 0 Å². The monoisotopic (exact) mass is 348 g/mol. The number of carbonyl (C=O) groups is 1. The van der Waals surface area contributed by atoms with E-state index in [4.69, 9.17) is 9.47 Å². The van der Waals surface area contributed by atoms with Crippen LogP contribution in [0.1, 0.15) is 32.4 Å². The summed E-state index contributed by atoms with van der Waals surface area (Å²) in [6.45, 7) is 5.80. The molecule has 1 rings (SSSR count). The van der Waals surface area contributed by atoms with Gasteiger partial charge in [-0.3, -0.25) is 0 Å². The van der Waals surface area contributed by atoms with Gasteiger partial charge >= 0.3 is 5.97 Å². The molecule has 4 heteroatoms. The molecule has 0 radical (unpaired) electrons. The Balaban J connectivity index is 2.56. The molecule has 3 nitrogen and oxygen atoms in total. The highest BCUT2D eigenvalue weighted by Gasteiger charge is 2.18. The van der Waals surface area contributed by atoms with Gasteiger partial charge in [0.1, 0.15) is 0 Å². The largest absolute Gasteiger partial charge is 0.464 e. The predicted octanol–water partition coefficient (Wildman–Crippen LogP) is 3.32. The van der Waals surface area contributed by atoms with Gasteiger partial charge in [-0.15, -0.1) is 0 Å². The van der Waals surface area contributed by atoms with Gasteiger partial charge in [0, 0.05) is 3.57 Å². The lowest BCUT2D eigenvalue weighted by Crippen LogP contribution is -2.24. The maximum Gasteiger partial charge on any atom is 0.334 e. The summed E-state index contributed by atoms with van der Waals surface area (Å²) < 4.78 is 11.7. The topological polar surface area (TPSA) is 35.5 Å². The Morgan fingerprint density at radius 1 is 1.29 bits per heavy atom. The molecular weight excluding hydrogens is 331 g/mol. The summed E-state index contributed by atoms with van der Waals surface area (Å²) in [6, 6.07) is 8.05. The highest BCUT2D eigenvalue weighted by atomic mass is 127. The Kier molecular flexibility index (Phi) is 5.91. The van der Waals surface area contributed by atoms with Crippen LogP contribution in [0.3, 0.4) is 0 Å². The fourth-order valence-electron chi connectivity index (χ4n) is 1.43. The molecule has 0 saturated heterocycles. The summed E-state index contributed by atoms with van der Waals surface area (Å²) in [5.74, 6) is -0.315. The second kappa shape index (κ2) is 6.96. The van der Waals surface area contributed by atoms with E-state index in [0.29, 0.717) is 6.61 Å². The van der Waals surface area contributed by atoms with Gasteiger partial charge < -0.3 is 9.47 Å². The van der Waals surface area contributed by atoms with Crippen LogP contribution in [-0.2, 0) is 14.3 Å². The SMILES string of the molecule is CCOC(=O)C(C)OC(C)c1ccc(I)cc1. The van der Waals surface area contributed by atoms with Gasteiger partial charge in [-0.05, 0) is 61.1 Å². The van der Waals surface area contributed by atoms with Crippen LogP contribution in [0.5, 0.6) is 0 Å². The van der Waals surface area contributed by atoms with Crippen LogP contribution in [0.15, 0.2) is 24.3 Å². The van der Waals surface area contributed by atoms with Crippen LogP contribution < -0.4 is 0 Å². The number of rotatable bonds is 5. The van der Waals surface area contributed by atoms with Gasteiger partial charge in [-0.25, -0.2) is 4.79 Å². The lowest BCUT2D eigenvalue weighted by atomic mass is 10.1. The minimum atomic E-state index is -0.538. The smallest absolute Gasteiger partial charge is 0.334 e. The minimum Gasteiger partial charge on any atom is -0.464 e. The highest BCUT2D eigenvalue weighted by Crippen LogP contribution is 2.19. The summed E-state index contributed by atoms with van der Waals surface area (Å²) >= 11 is 2.25. The molecule has 1 aromatic carbocycles. The molecule has 0 aromatic heterocycles. The fraction of sp³-hybridized carbons (Fsp3) is 0.462. The zero-order valence-electron chi connectivity index (χ0n) is 10.3. The van der Waals surface area contributed by atoms with Crippen molar-refractivity contribution in [1.82, 2.24) is 0 Å². The number of benzene rings is 1. The minimum absolute atomic E-state index is 0.119. The molecule has 17 heavy (non-hydrogen) atoms. The fourth-order valence-corrected chi connectivity index (χ4v) is 1.79. The molecule has 0 N–H and O–H groups in total. The maximum absolute atomic E-state index is 11.4. The maximum atomic E-state index is 11.4. The average molecular weight is 348 g/mol. The van der Waals surface area contributed by atoms with Crippen molar-refractivity contribution in [2.75, 3.05) is 6.61 Å². The Morgan fingerprint density at radius 3 is 2.41 bits per heavy atom. The van der Waals surface area contributed by atoms with E-state index in [1.54, 1.807) is 13.8 Å². The van der Waals surface area contributed by atoms with E-state index in [-0.39, 0.29) is 12.1 Å². The van der Waals surface area contributed by atoms with Gasteiger partial charge in [-0.1, -0.05) is 12.1 Å². The van der Waals surface area contributed by atoms with Crippen LogP contribution in [0.4, 0.5) is 0 Å². The number of ether oxygens (including phenoxy) is 2.